The molecule has 0 saturated heterocycles. The number of fused-ring (bicyclic) bond motifs is 1. The highest BCUT2D eigenvalue weighted by Gasteiger charge is 2.25. The second-order valence-electron chi connectivity index (χ2n) is 7.55. The number of hydrogen-bond donors (Lipinski definition) is 1. The Kier molecular flexibility index (Phi) is 6.47. The summed E-state index contributed by atoms with van der Waals surface area (Å²) in [6.45, 7) is 0.638. The molecule has 0 radical (unpaired) electrons. The van der Waals surface area contributed by atoms with Crippen molar-refractivity contribution in [2.45, 2.75) is 26.0 Å². The van der Waals surface area contributed by atoms with Crippen LogP contribution in [0.5, 0.6) is 0 Å². The molecule has 1 aliphatic heterocycles. The second kappa shape index (κ2) is 9.62. The molecule has 3 aromatic carbocycles. The van der Waals surface area contributed by atoms with E-state index < -0.39 is 12.1 Å². The van der Waals surface area contributed by atoms with E-state index in [9.17, 15) is 14.0 Å². The first-order valence-electron chi connectivity index (χ1n) is 10.2. The van der Waals surface area contributed by atoms with Gasteiger partial charge in [-0.15, -0.1) is 5.06 Å². The van der Waals surface area contributed by atoms with Crippen molar-refractivity contribution in [3.8, 4) is 11.1 Å². The van der Waals surface area contributed by atoms with Crippen molar-refractivity contribution in [2.75, 3.05) is 6.54 Å². The van der Waals surface area contributed by atoms with Gasteiger partial charge in [-0.25, -0.2) is 9.18 Å². The summed E-state index contributed by atoms with van der Waals surface area (Å²) < 4.78 is 19.7. The number of carbonyl (C=O) groups is 2. The first-order valence-corrected chi connectivity index (χ1v) is 10.2. The smallest absolute Gasteiger partial charge is 0.481 e. The van der Waals surface area contributed by atoms with Gasteiger partial charge in [0.25, 0.3) is 0 Å². The van der Waals surface area contributed by atoms with Gasteiger partial charge in [0.15, 0.2) is 0 Å². The van der Waals surface area contributed by atoms with E-state index in [1.807, 2.05) is 36.4 Å². The summed E-state index contributed by atoms with van der Waals surface area (Å²) in [5, 5.41) is 10.5. The predicted octanol–water partition coefficient (Wildman–Crippen LogP) is 4.75. The maximum atomic E-state index is 14.5. The van der Waals surface area contributed by atoms with Gasteiger partial charge in [-0.1, -0.05) is 60.7 Å². The number of carbonyl (C=O) groups excluding carboxylic acids is 1. The van der Waals surface area contributed by atoms with Crippen LogP contribution in [0.15, 0.2) is 66.7 Å². The third kappa shape index (κ3) is 5.12. The Balaban J connectivity index is 1.50. The lowest BCUT2D eigenvalue weighted by molar-refractivity contribution is -0.139. The predicted molar refractivity (Wildman–Crippen MR) is 115 cm³/mol. The maximum Gasteiger partial charge on any atom is 0.528 e. The topological polar surface area (TPSA) is 76.1 Å². The Hall–Kier alpha value is -3.71. The quantitative estimate of drug-likeness (QED) is 0.564. The fourth-order valence-electron chi connectivity index (χ4n) is 3.83. The molecule has 0 spiro atoms. The van der Waals surface area contributed by atoms with E-state index in [0.717, 1.165) is 16.7 Å². The van der Waals surface area contributed by atoms with Crippen LogP contribution in [0.4, 0.5) is 9.18 Å². The van der Waals surface area contributed by atoms with Crippen LogP contribution in [-0.2, 0) is 40.4 Å². The summed E-state index contributed by atoms with van der Waals surface area (Å²) >= 11 is 0. The summed E-state index contributed by atoms with van der Waals surface area (Å²) in [4.78, 5) is 28.6. The molecule has 4 rings (SSSR count). The normalized spacial score (nSPS) is 13.3. The van der Waals surface area contributed by atoms with E-state index in [0.29, 0.717) is 29.7 Å². The Bertz CT molecular complexity index is 1130. The van der Waals surface area contributed by atoms with Gasteiger partial charge in [-0.05, 0) is 45.9 Å². The molecule has 1 aliphatic rings. The maximum absolute atomic E-state index is 14.5. The number of carboxylic acid groups (broad SMARTS) is 1. The van der Waals surface area contributed by atoms with Crippen LogP contribution in [0.1, 0.15) is 22.3 Å². The first kappa shape index (κ1) is 21.5. The lowest BCUT2D eigenvalue weighted by atomic mass is 9.90. The highest BCUT2D eigenvalue weighted by molar-refractivity contribution is 5.74. The molecule has 7 heteroatoms. The molecule has 0 unspecified atom stereocenters. The van der Waals surface area contributed by atoms with E-state index in [2.05, 4.69) is 0 Å². The fraction of sp³-hybridized carbons (Fsp3) is 0.200. The minimum atomic E-state index is -0.920. The molecule has 0 amide bonds. The SMILES string of the molecule is O=C(O)Cc1cccc(-c2ccc(F)c3c2CN(OC(=O)OCc2ccccc2)CC3)c1. The molecule has 0 fully saturated rings. The highest BCUT2D eigenvalue weighted by Crippen LogP contribution is 2.33. The zero-order chi connectivity index (χ0) is 22.5. The van der Waals surface area contributed by atoms with Crippen molar-refractivity contribution in [3.63, 3.8) is 0 Å². The lowest BCUT2D eigenvalue weighted by Gasteiger charge is -2.29. The standard InChI is InChI=1S/C25H22FNO5/c26-23-10-9-20(19-8-4-7-18(13-19)14-24(28)29)22-15-27(12-11-21(22)23)32-25(30)31-16-17-5-2-1-3-6-17/h1-10,13H,11-12,14-16H2,(H,28,29). The average Bonchev–Trinajstić information content (AvgIpc) is 2.78. The summed E-state index contributed by atoms with van der Waals surface area (Å²) in [6, 6.07) is 19.5. The van der Waals surface area contributed by atoms with E-state index in [-0.39, 0.29) is 25.4 Å². The number of rotatable bonds is 6. The van der Waals surface area contributed by atoms with E-state index in [4.69, 9.17) is 14.7 Å². The van der Waals surface area contributed by atoms with Crippen molar-refractivity contribution in [2.24, 2.45) is 0 Å². The fourth-order valence-corrected chi connectivity index (χ4v) is 3.83. The summed E-state index contributed by atoms with van der Waals surface area (Å²) in [7, 11) is 0. The minimum absolute atomic E-state index is 0.0975. The van der Waals surface area contributed by atoms with E-state index in [1.165, 1.54) is 11.1 Å². The van der Waals surface area contributed by atoms with Crippen LogP contribution in [0.2, 0.25) is 0 Å². The number of halogens is 1. The highest BCUT2D eigenvalue weighted by atomic mass is 19.1. The number of hydroxylamine groups is 2. The summed E-state index contributed by atoms with van der Waals surface area (Å²) in [5.41, 5.74) is 4.34. The Labute approximate surface area is 184 Å². The largest absolute Gasteiger partial charge is 0.528 e. The van der Waals surface area contributed by atoms with Gasteiger partial charge >= 0.3 is 12.1 Å². The molecule has 1 N–H and O–H groups in total. The summed E-state index contributed by atoms with van der Waals surface area (Å²) in [5.74, 6) is -1.23. The molecule has 0 saturated carbocycles. The van der Waals surface area contributed by atoms with E-state index in [1.54, 1.807) is 24.3 Å². The molecule has 164 valence electrons. The van der Waals surface area contributed by atoms with Crippen LogP contribution in [0.3, 0.4) is 0 Å². The minimum Gasteiger partial charge on any atom is -0.481 e. The van der Waals surface area contributed by atoms with Crippen LogP contribution < -0.4 is 0 Å². The zero-order valence-corrected chi connectivity index (χ0v) is 17.3. The zero-order valence-electron chi connectivity index (χ0n) is 17.3. The molecule has 0 aliphatic carbocycles. The molecule has 0 aromatic heterocycles. The second-order valence-corrected chi connectivity index (χ2v) is 7.55. The van der Waals surface area contributed by atoms with Crippen molar-refractivity contribution < 1.29 is 28.7 Å². The molecular weight excluding hydrogens is 413 g/mol. The van der Waals surface area contributed by atoms with Crippen molar-refractivity contribution >= 4 is 12.1 Å². The average molecular weight is 435 g/mol. The monoisotopic (exact) mass is 435 g/mol. The van der Waals surface area contributed by atoms with Crippen LogP contribution in [-0.4, -0.2) is 28.8 Å². The number of aliphatic carboxylic acids is 1. The first-order chi connectivity index (χ1) is 15.5. The molecule has 0 atom stereocenters. The number of carboxylic acids is 1. The van der Waals surface area contributed by atoms with Gasteiger partial charge in [0.2, 0.25) is 0 Å². The van der Waals surface area contributed by atoms with Gasteiger partial charge in [0, 0.05) is 6.54 Å². The lowest BCUT2D eigenvalue weighted by Crippen LogP contribution is -2.34. The number of ether oxygens (including phenoxy) is 1. The number of nitrogens with zero attached hydrogens (tertiary/aromatic N) is 1. The number of benzene rings is 3. The Morgan fingerprint density at radius 1 is 0.969 bits per heavy atom. The van der Waals surface area contributed by atoms with Gasteiger partial charge in [0.05, 0.1) is 13.0 Å². The molecule has 0 bridgehead atoms. The van der Waals surface area contributed by atoms with Gasteiger partial charge in [-0.2, -0.15) is 0 Å². The van der Waals surface area contributed by atoms with Gasteiger partial charge < -0.3 is 14.7 Å². The van der Waals surface area contributed by atoms with E-state index >= 15 is 0 Å². The molecule has 32 heavy (non-hydrogen) atoms. The third-order valence-electron chi connectivity index (χ3n) is 5.32. The van der Waals surface area contributed by atoms with Crippen molar-refractivity contribution in [1.29, 1.82) is 0 Å². The van der Waals surface area contributed by atoms with Gasteiger partial charge in [0.1, 0.15) is 12.4 Å². The Morgan fingerprint density at radius 3 is 2.53 bits per heavy atom. The summed E-state index contributed by atoms with van der Waals surface area (Å²) in [6.07, 6.45) is -0.547. The third-order valence-corrected chi connectivity index (χ3v) is 5.32. The van der Waals surface area contributed by atoms with Crippen LogP contribution in [0, 0.1) is 5.82 Å². The molecule has 1 heterocycles. The molecule has 6 nitrogen and oxygen atoms in total. The number of hydrogen-bond acceptors (Lipinski definition) is 5. The molecule has 3 aromatic rings. The van der Waals surface area contributed by atoms with Crippen LogP contribution in [0.25, 0.3) is 11.1 Å². The van der Waals surface area contributed by atoms with Crippen molar-refractivity contribution in [1.82, 2.24) is 5.06 Å². The Morgan fingerprint density at radius 2 is 1.75 bits per heavy atom. The van der Waals surface area contributed by atoms with Crippen LogP contribution >= 0.6 is 0 Å². The van der Waals surface area contributed by atoms with Gasteiger partial charge in [-0.3, -0.25) is 4.79 Å². The molecular formula is C25H22FNO5. The van der Waals surface area contributed by atoms with Crippen molar-refractivity contribution in [3.05, 3.63) is 94.8 Å².